The van der Waals surface area contributed by atoms with Gasteiger partial charge in [0.15, 0.2) is 5.78 Å². The smallest absolute Gasteiger partial charge is 0.167 e. The van der Waals surface area contributed by atoms with Crippen LogP contribution in [0, 0.1) is 0 Å². The van der Waals surface area contributed by atoms with Gasteiger partial charge in [-0.2, -0.15) is 5.10 Å². The normalized spacial score (nSPS) is 25.3. The molecule has 0 radical (unpaired) electrons. The molecule has 1 heterocycles. The van der Waals surface area contributed by atoms with Gasteiger partial charge in [0, 0.05) is 49.3 Å². The van der Waals surface area contributed by atoms with Gasteiger partial charge in [-0.15, -0.1) is 0 Å². The molecule has 4 nitrogen and oxygen atoms in total. The van der Waals surface area contributed by atoms with E-state index < -0.39 is 0 Å². The van der Waals surface area contributed by atoms with Gasteiger partial charge in [0.25, 0.3) is 0 Å². The molecule has 0 spiro atoms. The number of aromatic nitrogens is 2. The molecule has 3 saturated carbocycles. The van der Waals surface area contributed by atoms with Crippen LogP contribution in [0.5, 0.6) is 0 Å². The van der Waals surface area contributed by atoms with Crippen molar-refractivity contribution in [2.24, 2.45) is 7.05 Å². The summed E-state index contributed by atoms with van der Waals surface area (Å²) in [6.07, 6.45) is 13.8. The van der Waals surface area contributed by atoms with Crippen molar-refractivity contribution in [1.29, 1.82) is 0 Å². The van der Waals surface area contributed by atoms with Gasteiger partial charge in [0.2, 0.25) is 0 Å². The second kappa shape index (κ2) is 6.90. The first-order chi connectivity index (χ1) is 13.2. The Morgan fingerprint density at radius 1 is 1.19 bits per heavy atom. The summed E-state index contributed by atoms with van der Waals surface area (Å²) in [7, 11) is 1.89. The van der Waals surface area contributed by atoms with Gasteiger partial charge in [-0.25, -0.2) is 0 Å². The lowest BCUT2D eigenvalue weighted by atomic mass is 9.84. The average Bonchev–Trinajstić information content (AvgIpc) is 3.27. The number of hydrogen-bond acceptors (Lipinski definition) is 3. The van der Waals surface area contributed by atoms with E-state index in [-0.39, 0.29) is 5.78 Å². The third-order valence-electron chi connectivity index (χ3n) is 6.89. The highest BCUT2D eigenvalue weighted by atomic mass is 16.1. The molecule has 3 fully saturated rings. The summed E-state index contributed by atoms with van der Waals surface area (Å²) in [6, 6.07) is 10.8. The average molecular weight is 364 g/mol. The van der Waals surface area contributed by atoms with Gasteiger partial charge in [0.1, 0.15) is 0 Å². The second-order valence-electron chi connectivity index (χ2n) is 8.77. The predicted molar refractivity (Wildman–Crippen MR) is 106 cm³/mol. The van der Waals surface area contributed by atoms with E-state index in [0.29, 0.717) is 18.4 Å². The number of Topliss-reactive ketones (excluding diaryl/α,β-unsaturated/α-hetero) is 1. The fraction of sp³-hybridized carbons (Fsp3) is 0.565. The SMILES string of the molecule is Cn1cc(CC(=O)c2cccc(C3CC3N(C3CCC3)C3CCC3)c2)cn1. The summed E-state index contributed by atoms with van der Waals surface area (Å²) in [5.74, 6) is 0.814. The molecule has 0 amide bonds. The maximum atomic E-state index is 12.7. The summed E-state index contributed by atoms with van der Waals surface area (Å²) in [5, 5.41) is 4.17. The van der Waals surface area contributed by atoms with Crippen molar-refractivity contribution in [3.8, 4) is 0 Å². The summed E-state index contributed by atoms with van der Waals surface area (Å²) in [4.78, 5) is 15.6. The van der Waals surface area contributed by atoms with E-state index in [1.165, 1.54) is 50.5 Å². The van der Waals surface area contributed by atoms with E-state index in [2.05, 4.69) is 28.2 Å². The first-order valence-corrected chi connectivity index (χ1v) is 10.6. The third-order valence-corrected chi connectivity index (χ3v) is 6.89. The zero-order valence-electron chi connectivity index (χ0n) is 16.2. The van der Waals surface area contributed by atoms with Crippen LogP contribution in [-0.2, 0) is 13.5 Å². The van der Waals surface area contributed by atoms with Gasteiger partial charge < -0.3 is 0 Å². The molecule has 2 aromatic rings. The molecule has 0 bridgehead atoms. The number of carbonyl (C=O) groups excluding carboxylic acids is 1. The third kappa shape index (κ3) is 3.36. The molecule has 3 aliphatic rings. The molecule has 1 aromatic heterocycles. The largest absolute Gasteiger partial charge is 0.294 e. The molecule has 0 aliphatic heterocycles. The Morgan fingerprint density at radius 2 is 1.93 bits per heavy atom. The van der Waals surface area contributed by atoms with Crippen molar-refractivity contribution in [1.82, 2.24) is 14.7 Å². The van der Waals surface area contributed by atoms with E-state index in [1.807, 2.05) is 19.3 Å². The number of benzene rings is 1. The Labute approximate surface area is 161 Å². The minimum Gasteiger partial charge on any atom is -0.294 e. The Morgan fingerprint density at radius 3 is 2.52 bits per heavy atom. The van der Waals surface area contributed by atoms with Crippen LogP contribution < -0.4 is 0 Å². The molecule has 3 aliphatic carbocycles. The highest BCUT2D eigenvalue weighted by molar-refractivity contribution is 5.97. The molecular formula is C23H29N3O. The van der Waals surface area contributed by atoms with E-state index in [9.17, 15) is 4.79 Å². The lowest BCUT2D eigenvalue weighted by Crippen LogP contribution is -2.51. The van der Waals surface area contributed by atoms with Crippen LogP contribution in [0.4, 0.5) is 0 Å². The quantitative estimate of drug-likeness (QED) is 0.695. The van der Waals surface area contributed by atoms with Crippen LogP contribution in [0.3, 0.4) is 0 Å². The highest BCUT2D eigenvalue weighted by Crippen LogP contribution is 2.50. The fourth-order valence-electron chi connectivity index (χ4n) is 4.87. The number of hydrogen-bond donors (Lipinski definition) is 0. The maximum absolute atomic E-state index is 12.7. The Balaban J connectivity index is 1.28. The summed E-state index contributed by atoms with van der Waals surface area (Å²) < 4.78 is 1.75. The summed E-state index contributed by atoms with van der Waals surface area (Å²) >= 11 is 0. The highest BCUT2D eigenvalue weighted by Gasteiger charge is 2.49. The van der Waals surface area contributed by atoms with Gasteiger partial charge in [0.05, 0.1) is 6.20 Å². The predicted octanol–water partition coefficient (Wildman–Crippen LogP) is 4.11. The van der Waals surface area contributed by atoms with Crippen molar-refractivity contribution in [2.45, 2.75) is 75.4 Å². The lowest BCUT2D eigenvalue weighted by molar-refractivity contribution is 0.0311. The van der Waals surface area contributed by atoms with Crippen molar-refractivity contribution in [2.75, 3.05) is 0 Å². The molecule has 0 saturated heterocycles. The van der Waals surface area contributed by atoms with E-state index in [0.717, 1.165) is 23.2 Å². The summed E-state index contributed by atoms with van der Waals surface area (Å²) in [5.41, 5.74) is 3.19. The van der Waals surface area contributed by atoms with Crippen molar-refractivity contribution in [3.05, 3.63) is 53.3 Å². The summed E-state index contributed by atoms with van der Waals surface area (Å²) in [6.45, 7) is 0. The van der Waals surface area contributed by atoms with Crippen LogP contribution in [0.2, 0.25) is 0 Å². The van der Waals surface area contributed by atoms with Crippen molar-refractivity contribution < 1.29 is 4.79 Å². The van der Waals surface area contributed by atoms with E-state index in [4.69, 9.17) is 0 Å². The topological polar surface area (TPSA) is 38.1 Å². The van der Waals surface area contributed by atoms with Crippen LogP contribution in [-0.4, -0.2) is 38.6 Å². The number of nitrogens with zero attached hydrogens (tertiary/aromatic N) is 3. The standard InChI is InChI=1S/C23H29N3O/c1-25-15-16(14-24-25)11-23(27)18-6-2-5-17(12-18)21-13-22(21)26(19-7-3-8-19)20-9-4-10-20/h2,5-6,12,14-15,19-22H,3-4,7-11,13H2,1H3. The molecule has 2 atom stereocenters. The number of carbonyl (C=O) groups is 1. The van der Waals surface area contributed by atoms with Gasteiger partial charge in [-0.05, 0) is 49.3 Å². The molecule has 1 aromatic carbocycles. The molecule has 4 heteroatoms. The number of aryl methyl sites for hydroxylation is 1. The molecule has 2 unspecified atom stereocenters. The molecule has 142 valence electrons. The Hall–Kier alpha value is -1.94. The van der Waals surface area contributed by atoms with E-state index >= 15 is 0 Å². The minimum absolute atomic E-state index is 0.192. The van der Waals surface area contributed by atoms with Gasteiger partial charge >= 0.3 is 0 Å². The first kappa shape index (κ1) is 17.2. The lowest BCUT2D eigenvalue weighted by Gasteiger charge is -2.47. The monoisotopic (exact) mass is 363 g/mol. The fourth-order valence-corrected chi connectivity index (χ4v) is 4.87. The second-order valence-corrected chi connectivity index (χ2v) is 8.77. The Bertz CT molecular complexity index is 820. The van der Waals surface area contributed by atoms with E-state index in [1.54, 1.807) is 10.9 Å². The first-order valence-electron chi connectivity index (χ1n) is 10.6. The van der Waals surface area contributed by atoms with Crippen molar-refractivity contribution in [3.63, 3.8) is 0 Å². The molecule has 5 rings (SSSR count). The zero-order valence-corrected chi connectivity index (χ0v) is 16.2. The van der Waals surface area contributed by atoms with Crippen LogP contribution >= 0.6 is 0 Å². The molecule has 27 heavy (non-hydrogen) atoms. The van der Waals surface area contributed by atoms with Gasteiger partial charge in [-0.1, -0.05) is 31.0 Å². The molecular weight excluding hydrogens is 334 g/mol. The zero-order chi connectivity index (χ0) is 18.4. The maximum Gasteiger partial charge on any atom is 0.167 e. The van der Waals surface area contributed by atoms with Crippen LogP contribution in [0.25, 0.3) is 0 Å². The van der Waals surface area contributed by atoms with Crippen LogP contribution in [0.1, 0.15) is 72.3 Å². The minimum atomic E-state index is 0.192. The van der Waals surface area contributed by atoms with Crippen molar-refractivity contribution >= 4 is 5.78 Å². The molecule has 0 N–H and O–H groups in total. The van der Waals surface area contributed by atoms with Crippen LogP contribution in [0.15, 0.2) is 36.7 Å². The number of ketones is 1. The number of rotatable bonds is 7. The Kier molecular flexibility index (Phi) is 4.39. The van der Waals surface area contributed by atoms with Gasteiger partial charge in [-0.3, -0.25) is 14.4 Å².